The van der Waals surface area contributed by atoms with E-state index < -0.39 is 0 Å². The van der Waals surface area contributed by atoms with E-state index in [1.807, 2.05) is 0 Å². The Hall–Kier alpha value is -2.11. The summed E-state index contributed by atoms with van der Waals surface area (Å²) in [6.07, 6.45) is 2.81. The van der Waals surface area contributed by atoms with E-state index in [4.69, 9.17) is 4.74 Å². The van der Waals surface area contributed by atoms with Crippen molar-refractivity contribution in [2.45, 2.75) is 19.8 Å². The van der Waals surface area contributed by atoms with Gasteiger partial charge in [0.25, 0.3) is 0 Å². The van der Waals surface area contributed by atoms with Gasteiger partial charge >= 0.3 is 0 Å². The SMILES string of the molecule is COc1ccc(N(C)C(=O)CCNC(=O)[C@@H]2C[C@H]2C)cn1. The second kappa shape index (κ2) is 6.56. The van der Waals surface area contributed by atoms with Crippen LogP contribution in [0.3, 0.4) is 0 Å². The fraction of sp³-hybridized carbons (Fsp3) is 0.533. The van der Waals surface area contributed by atoms with Gasteiger partial charge in [-0.25, -0.2) is 4.98 Å². The fourth-order valence-electron chi connectivity index (χ4n) is 2.11. The molecule has 1 heterocycles. The summed E-state index contributed by atoms with van der Waals surface area (Å²) in [6.45, 7) is 2.43. The Morgan fingerprint density at radius 1 is 1.48 bits per heavy atom. The molecule has 6 nitrogen and oxygen atoms in total. The van der Waals surface area contributed by atoms with Gasteiger partial charge in [-0.15, -0.1) is 0 Å². The van der Waals surface area contributed by atoms with Gasteiger partial charge in [0.2, 0.25) is 17.7 Å². The Morgan fingerprint density at radius 3 is 2.71 bits per heavy atom. The zero-order chi connectivity index (χ0) is 15.4. The highest BCUT2D eigenvalue weighted by molar-refractivity contribution is 5.93. The number of methoxy groups -OCH3 is 1. The van der Waals surface area contributed by atoms with Gasteiger partial charge in [-0.3, -0.25) is 9.59 Å². The molecule has 0 spiro atoms. The first-order chi connectivity index (χ1) is 10.0. The maximum Gasteiger partial charge on any atom is 0.228 e. The van der Waals surface area contributed by atoms with Crippen LogP contribution in [0.15, 0.2) is 18.3 Å². The monoisotopic (exact) mass is 291 g/mol. The Balaban J connectivity index is 1.77. The topological polar surface area (TPSA) is 71.5 Å². The molecular formula is C15H21N3O3. The van der Waals surface area contributed by atoms with Crippen LogP contribution in [0.25, 0.3) is 0 Å². The lowest BCUT2D eigenvalue weighted by Crippen LogP contribution is -2.32. The van der Waals surface area contributed by atoms with Crippen LogP contribution in [-0.2, 0) is 9.59 Å². The predicted molar refractivity (Wildman–Crippen MR) is 79.1 cm³/mol. The summed E-state index contributed by atoms with van der Waals surface area (Å²) in [4.78, 5) is 29.3. The molecule has 1 aromatic rings. The first-order valence-corrected chi connectivity index (χ1v) is 7.07. The van der Waals surface area contributed by atoms with Crippen molar-refractivity contribution in [3.8, 4) is 5.88 Å². The molecule has 0 aliphatic heterocycles. The molecule has 1 saturated carbocycles. The Morgan fingerprint density at radius 2 is 2.19 bits per heavy atom. The fourth-order valence-corrected chi connectivity index (χ4v) is 2.11. The van der Waals surface area contributed by atoms with E-state index in [-0.39, 0.29) is 24.2 Å². The van der Waals surface area contributed by atoms with E-state index in [9.17, 15) is 9.59 Å². The molecular weight excluding hydrogens is 270 g/mol. The van der Waals surface area contributed by atoms with Crippen molar-refractivity contribution < 1.29 is 14.3 Å². The van der Waals surface area contributed by atoms with Crippen LogP contribution >= 0.6 is 0 Å². The average Bonchev–Trinajstić information content (AvgIpc) is 3.23. The number of hydrogen-bond acceptors (Lipinski definition) is 4. The van der Waals surface area contributed by atoms with Gasteiger partial charge in [0.1, 0.15) is 0 Å². The molecule has 1 aromatic heterocycles. The number of amides is 2. The summed E-state index contributed by atoms with van der Waals surface area (Å²) in [7, 11) is 3.23. The van der Waals surface area contributed by atoms with Crippen molar-refractivity contribution in [2.75, 3.05) is 25.6 Å². The third kappa shape index (κ3) is 3.93. The summed E-state index contributed by atoms with van der Waals surface area (Å²) >= 11 is 0. The number of pyridine rings is 1. The van der Waals surface area contributed by atoms with Gasteiger partial charge in [0.05, 0.1) is 19.0 Å². The third-order valence-corrected chi connectivity index (χ3v) is 3.78. The maximum absolute atomic E-state index is 12.0. The van der Waals surface area contributed by atoms with Crippen LogP contribution in [-0.4, -0.2) is 37.5 Å². The minimum Gasteiger partial charge on any atom is -0.481 e. The number of ether oxygens (including phenoxy) is 1. The van der Waals surface area contributed by atoms with Crippen molar-refractivity contribution in [1.82, 2.24) is 10.3 Å². The molecule has 0 saturated heterocycles. The highest BCUT2D eigenvalue weighted by Crippen LogP contribution is 2.37. The molecule has 1 fully saturated rings. The molecule has 1 aliphatic carbocycles. The van der Waals surface area contributed by atoms with E-state index in [0.717, 1.165) is 6.42 Å². The molecule has 2 atom stereocenters. The summed E-state index contributed by atoms with van der Waals surface area (Å²) < 4.78 is 4.98. The Bertz CT molecular complexity index is 515. The summed E-state index contributed by atoms with van der Waals surface area (Å²) in [5.41, 5.74) is 0.697. The standard InChI is InChI=1S/C15H21N3O3/c1-10-8-12(10)15(20)16-7-6-14(19)18(2)11-4-5-13(21-3)17-9-11/h4-5,9-10,12H,6-8H2,1-3H3,(H,16,20)/t10-,12-/m1/s1. The van der Waals surface area contributed by atoms with Crippen molar-refractivity contribution in [1.29, 1.82) is 0 Å². The first kappa shape index (κ1) is 15.3. The molecule has 2 rings (SSSR count). The minimum absolute atomic E-state index is 0.0593. The normalized spacial score (nSPS) is 19.8. The number of aromatic nitrogens is 1. The van der Waals surface area contributed by atoms with E-state index in [1.54, 1.807) is 32.5 Å². The van der Waals surface area contributed by atoms with Crippen LogP contribution in [0.4, 0.5) is 5.69 Å². The molecule has 0 radical (unpaired) electrons. The van der Waals surface area contributed by atoms with Crippen LogP contribution < -0.4 is 15.0 Å². The molecule has 0 aromatic carbocycles. The maximum atomic E-state index is 12.0. The number of nitrogens with one attached hydrogen (secondary N) is 1. The average molecular weight is 291 g/mol. The number of carbonyl (C=O) groups excluding carboxylic acids is 2. The lowest BCUT2D eigenvalue weighted by atomic mass is 10.3. The van der Waals surface area contributed by atoms with Crippen molar-refractivity contribution in [2.24, 2.45) is 11.8 Å². The zero-order valence-corrected chi connectivity index (χ0v) is 12.6. The molecule has 21 heavy (non-hydrogen) atoms. The van der Waals surface area contributed by atoms with Crippen LogP contribution in [0.2, 0.25) is 0 Å². The molecule has 0 unspecified atom stereocenters. The van der Waals surface area contributed by atoms with E-state index in [0.29, 0.717) is 24.0 Å². The zero-order valence-electron chi connectivity index (χ0n) is 12.6. The smallest absolute Gasteiger partial charge is 0.228 e. The molecule has 2 amide bonds. The van der Waals surface area contributed by atoms with E-state index in [2.05, 4.69) is 17.2 Å². The molecule has 6 heteroatoms. The molecule has 1 N–H and O–H groups in total. The Labute approximate surface area is 124 Å². The summed E-state index contributed by atoms with van der Waals surface area (Å²) in [5, 5.41) is 2.81. The van der Waals surface area contributed by atoms with Gasteiger partial charge in [-0.05, 0) is 18.4 Å². The summed E-state index contributed by atoms with van der Waals surface area (Å²) in [5.74, 6) is 1.12. The number of nitrogens with zero attached hydrogens (tertiary/aromatic N) is 2. The minimum atomic E-state index is -0.0638. The summed E-state index contributed by atoms with van der Waals surface area (Å²) in [6, 6.07) is 3.48. The molecule has 1 aliphatic rings. The highest BCUT2D eigenvalue weighted by atomic mass is 16.5. The van der Waals surface area contributed by atoms with Crippen molar-refractivity contribution in [3.05, 3.63) is 18.3 Å². The second-order valence-corrected chi connectivity index (χ2v) is 5.37. The van der Waals surface area contributed by atoms with Gasteiger partial charge in [-0.1, -0.05) is 6.92 Å². The lowest BCUT2D eigenvalue weighted by molar-refractivity contribution is -0.122. The van der Waals surface area contributed by atoms with Crippen LogP contribution in [0.1, 0.15) is 19.8 Å². The Kier molecular flexibility index (Phi) is 4.77. The number of carbonyl (C=O) groups is 2. The van der Waals surface area contributed by atoms with Crippen molar-refractivity contribution >= 4 is 17.5 Å². The predicted octanol–water partition coefficient (Wildman–Crippen LogP) is 1.22. The van der Waals surface area contributed by atoms with Gasteiger partial charge in [0.15, 0.2) is 0 Å². The third-order valence-electron chi connectivity index (χ3n) is 3.78. The van der Waals surface area contributed by atoms with Gasteiger partial charge in [-0.2, -0.15) is 0 Å². The number of hydrogen-bond donors (Lipinski definition) is 1. The second-order valence-electron chi connectivity index (χ2n) is 5.37. The number of rotatable bonds is 6. The van der Waals surface area contributed by atoms with Gasteiger partial charge < -0.3 is 15.0 Å². The molecule has 114 valence electrons. The van der Waals surface area contributed by atoms with Gasteiger partial charge in [0, 0.05) is 32.0 Å². The van der Waals surface area contributed by atoms with Crippen molar-refractivity contribution in [3.63, 3.8) is 0 Å². The quantitative estimate of drug-likeness (QED) is 0.855. The first-order valence-electron chi connectivity index (χ1n) is 7.07. The van der Waals surface area contributed by atoms with Crippen LogP contribution in [0, 0.1) is 11.8 Å². The highest BCUT2D eigenvalue weighted by Gasteiger charge is 2.38. The van der Waals surface area contributed by atoms with Crippen LogP contribution in [0.5, 0.6) is 5.88 Å². The lowest BCUT2D eigenvalue weighted by Gasteiger charge is -2.17. The largest absolute Gasteiger partial charge is 0.481 e. The molecule has 0 bridgehead atoms. The van der Waals surface area contributed by atoms with E-state index in [1.165, 1.54) is 4.90 Å². The van der Waals surface area contributed by atoms with E-state index >= 15 is 0 Å². The number of anilines is 1.